The van der Waals surface area contributed by atoms with Crippen LogP contribution < -0.4 is 0 Å². The van der Waals surface area contributed by atoms with Gasteiger partial charge in [0.05, 0.1) is 35.5 Å². The smallest absolute Gasteiger partial charge is 0.388 e. The molecule has 2 aromatic carbocycles. The third-order valence-corrected chi connectivity index (χ3v) is 7.23. The van der Waals surface area contributed by atoms with E-state index in [0.29, 0.717) is 6.07 Å². The molecule has 2 rings (SSSR count). The number of hydrogen-bond donors (Lipinski definition) is 1. The molecule has 0 saturated carbocycles. The first-order valence-corrected chi connectivity index (χ1v) is 14.1. The molecule has 50 heavy (non-hydrogen) atoms. The zero-order valence-corrected chi connectivity index (χ0v) is 25.6. The fraction of sp³-hybridized carbons (Fsp3) is 0.500. The molecule has 0 heterocycles. The number of ether oxygens (including phenoxy) is 1. The van der Waals surface area contributed by atoms with Gasteiger partial charge in [-0.25, -0.2) is 8.78 Å². The van der Waals surface area contributed by atoms with Gasteiger partial charge in [0.2, 0.25) is 0 Å². The van der Waals surface area contributed by atoms with Gasteiger partial charge in [0.15, 0.2) is 0 Å². The van der Waals surface area contributed by atoms with Crippen LogP contribution in [0.15, 0.2) is 30.3 Å². The summed E-state index contributed by atoms with van der Waals surface area (Å²) in [6, 6.07) is -2.62. The molecule has 0 amide bonds. The number of aliphatic hydroxyl groups excluding tert-OH is 1. The quantitative estimate of drug-likeness (QED) is 0.155. The minimum atomic E-state index is -7.22. The molecule has 282 valence electrons. The summed E-state index contributed by atoms with van der Waals surface area (Å²) >= 11 is 1.42. The molecule has 2 unspecified atom stereocenters. The number of benzene rings is 2. The van der Waals surface area contributed by atoms with Crippen molar-refractivity contribution in [3.63, 3.8) is 0 Å². The third-order valence-electron chi connectivity index (χ3n) is 6.79. The number of aliphatic hydroxyl groups is 1. The third kappa shape index (κ3) is 8.28. The zero-order chi connectivity index (χ0) is 39.3. The number of alkyl halides is 21. The normalized spacial score (nSPS) is 15.5. The monoisotopic (exact) mass is 879 g/mol. The maximum absolute atomic E-state index is 15.0. The van der Waals surface area contributed by atoms with E-state index in [1.54, 1.807) is 0 Å². The largest absolute Gasteiger partial charge is 0.435 e. The summed E-state index contributed by atoms with van der Waals surface area (Å²) in [6.07, 6.45) is -47.6. The molecule has 1 N–H and O–H groups in total. The van der Waals surface area contributed by atoms with E-state index in [4.69, 9.17) is 10.00 Å². The molecule has 24 heteroatoms. The first-order chi connectivity index (χ1) is 22.2. The molecule has 0 fully saturated rings. The fourth-order valence-corrected chi connectivity index (χ4v) is 4.72. The topological polar surface area (TPSA) is 53.2 Å². The Balaban J connectivity index is 3.06. The van der Waals surface area contributed by atoms with Gasteiger partial charge in [0, 0.05) is 22.0 Å². The summed E-state index contributed by atoms with van der Waals surface area (Å²) in [5.74, 6) is 0. The average Bonchev–Trinajstić information content (AvgIpc) is 2.93. The van der Waals surface area contributed by atoms with Crippen molar-refractivity contribution in [3.05, 3.63) is 69.3 Å². The van der Waals surface area contributed by atoms with Gasteiger partial charge in [0.25, 0.3) is 0 Å². The number of hydrogen-bond acceptors (Lipinski definition) is 3. The Morgan fingerprint density at radius 1 is 0.600 bits per heavy atom. The van der Waals surface area contributed by atoms with Crippen LogP contribution in [-0.4, -0.2) is 40.8 Å². The lowest BCUT2D eigenvalue weighted by molar-refractivity contribution is -0.350. The van der Waals surface area contributed by atoms with E-state index in [1.807, 2.05) is 0 Å². The average molecular weight is 879 g/mol. The molecule has 0 aromatic heterocycles. The van der Waals surface area contributed by atoms with Crippen molar-refractivity contribution >= 4 is 22.6 Å². The second-order valence-corrected chi connectivity index (χ2v) is 11.1. The van der Waals surface area contributed by atoms with E-state index in [0.717, 1.165) is 0 Å². The van der Waals surface area contributed by atoms with Crippen molar-refractivity contribution in [3.8, 4) is 6.07 Å². The highest BCUT2D eigenvalue weighted by molar-refractivity contribution is 14.1. The zero-order valence-electron chi connectivity index (χ0n) is 23.4. The van der Waals surface area contributed by atoms with Crippen molar-refractivity contribution in [2.45, 2.75) is 67.0 Å². The van der Waals surface area contributed by atoms with E-state index >= 15 is 8.78 Å². The molecule has 0 bridgehead atoms. The van der Waals surface area contributed by atoms with Crippen LogP contribution in [0, 0.1) is 11.3 Å². The summed E-state index contributed by atoms with van der Waals surface area (Å²) in [6.45, 7) is -0.842. The molecule has 0 aliphatic rings. The Hall–Kier alpha value is -2.82. The van der Waals surface area contributed by atoms with Crippen LogP contribution in [0.5, 0.6) is 0 Å². The van der Waals surface area contributed by atoms with Crippen LogP contribution in [0.2, 0.25) is 0 Å². The van der Waals surface area contributed by atoms with Crippen molar-refractivity contribution in [1.29, 1.82) is 5.26 Å². The van der Waals surface area contributed by atoms with E-state index in [9.17, 15) is 84.1 Å². The number of rotatable bonds is 9. The van der Waals surface area contributed by atoms with Crippen LogP contribution in [0.4, 0.5) is 87.8 Å². The molecular formula is C26H14F20INO2. The Morgan fingerprint density at radius 2 is 0.960 bits per heavy atom. The Kier molecular flexibility index (Phi) is 12.1. The highest BCUT2D eigenvalue weighted by atomic mass is 127. The SMILES string of the molecule is N#Cc1c(C(F)(F)F)cc(C(O)CC(OCCI)c2cc(C(F)(C(F)(F)F)C(F)(F)F)cc(C(F)(C(F)(F)F)C(F)(F)F)c2)cc1C(F)(F)F. The fourth-order valence-electron chi connectivity index (χ4n) is 4.46. The summed E-state index contributed by atoms with van der Waals surface area (Å²) in [5.41, 5.74) is -29.9. The van der Waals surface area contributed by atoms with Gasteiger partial charge in [-0.2, -0.15) is 84.3 Å². The molecule has 0 spiro atoms. The minimum Gasteiger partial charge on any atom is -0.388 e. The lowest BCUT2D eigenvalue weighted by Gasteiger charge is -2.35. The second-order valence-electron chi connectivity index (χ2n) is 10.0. The summed E-state index contributed by atoms with van der Waals surface area (Å²) < 4.78 is 279. The van der Waals surface area contributed by atoms with Crippen molar-refractivity contribution in [1.82, 2.24) is 0 Å². The number of nitrogens with zero attached hydrogens (tertiary/aromatic N) is 1. The maximum Gasteiger partial charge on any atom is 0.435 e. The second kappa shape index (κ2) is 14.0. The molecule has 3 nitrogen and oxygen atoms in total. The van der Waals surface area contributed by atoms with Gasteiger partial charge < -0.3 is 9.84 Å². The highest BCUT2D eigenvalue weighted by Crippen LogP contribution is 2.57. The lowest BCUT2D eigenvalue weighted by atomic mass is 9.84. The Labute approximate surface area is 278 Å². The van der Waals surface area contributed by atoms with Crippen LogP contribution in [0.25, 0.3) is 0 Å². The van der Waals surface area contributed by atoms with Crippen molar-refractivity contribution < 1.29 is 97.7 Å². The van der Waals surface area contributed by atoms with Gasteiger partial charge in [-0.15, -0.1) is 0 Å². The van der Waals surface area contributed by atoms with E-state index in [-0.39, 0.29) is 16.6 Å². The van der Waals surface area contributed by atoms with E-state index in [1.165, 1.54) is 22.6 Å². The van der Waals surface area contributed by atoms with E-state index in [2.05, 4.69) is 0 Å². The molecule has 2 atom stereocenters. The van der Waals surface area contributed by atoms with Gasteiger partial charge in [0.1, 0.15) is 6.07 Å². The summed E-state index contributed by atoms with van der Waals surface area (Å²) in [5, 5.41) is 19.5. The van der Waals surface area contributed by atoms with E-state index < -0.39 is 131 Å². The van der Waals surface area contributed by atoms with Gasteiger partial charge >= 0.3 is 48.4 Å². The van der Waals surface area contributed by atoms with Crippen LogP contribution in [0.1, 0.15) is 57.6 Å². The molecule has 2 aromatic rings. The summed E-state index contributed by atoms with van der Waals surface area (Å²) in [7, 11) is 0. The predicted molar refractivity (Wildman–Crippen MR) is 135 cm³/mol. The lowest BCUT2D eigenvalue weighted by Crippen LogP contribution is -2.52. The Morgan fingerprint density at radius 3 is 1.24 bits per heavy atom. The van der Waals surface area contributed by atoms with Crippen LogP contribution in [-0.2, 0) is 28.4 Å². The number of halogens is 21. The standard InChI is InChI=1S/C26H14F20INO2/c27-19(23(35,36)37,24(38,39)40)12-3-11(4-13(7-12)20(28,25(41,42)43)26(44,45)46)18(50-2-1-47)8-17(49)10-5-15(21(29,30)31)14(9-48)16(6-10)22(32,33)34/h3-7,17-18,49H,1-2,8H2. The minimum absolute atomic E-state index is 0.268. The van der Waals surface area contributed by atoms with Crippen LogP contribution in [0.3, 0.4) is 0 Å². The highest BCUT2D eigenvalue weighted by Gasteiger charge is 2.76. The number of nitriles is 1. The Bertz CT molecular complexity index is 1440. The molecule has 0 radical (unpaired) electrons. The molecular weight excluding hydrogens is 865 g/mol. The molecule has 0 aliphatic heterocycles. The first kappa shape index (κ1) is 43.3. The van der Waals surface area contributed by atoms with Crippen molar-refractivity contribution in [2.24, 2.45) is 0 Å². The predicted octanol–water partition coefficient (Wildman–Crippen LogP) is 10.8. The molecule has 0 saturated heterocycles. The molecule has 0 aliphatic carbocycles. The summed E-state index contributed by atoms with van der Waals surface area (Å²) in [4.78, 5) is 0. The van der Waals surface area contributed by atoms with Crippen LogP contribution >= 0.6 is 22.6 Å². The van der Waals surface area contributed by atoms with Crippen molar-refractivity contribution in [2.75, 3.05) is 11.0 Å². The first-order valence-electron chi connectivity index (χ1n) is 12.6. The maximum atomic E-state index is 15.0. The van der Waals surface area contributed by atoms with Gasteiger partial charge in [-0.05, 0) is 41.5 Å². The van der Waals surface area contributed by atoms with Gasteiger partial charge in [-0.3, -0.25) is 0 Å². The van der Waals surface area contributed by atoms with Gasteiger partial charge in [-0.1, -0.05) is 22.6 Å².